The van der Waals surface area contributed by atoms with E-state index >= 15 is 0 Å². The van der Waals surface area contributed by atoms with Gasteiger partial charge in [0.1, 0.15) is 10.6 Å². The number of amides is 1. The first kappa shape index (κ1) is 22.7. The molecule has 7 nitrogen and oxygen atoms in total. The van der Waals surface area contributed by atoms with Crippen LogP contribution in [0, 0.1) is 13.8 Å². The summed E-state index contributed by atoms with van der Waals surface area (Å²) < 4.78 is 31.4. The van der Waals surface area contributed by atoms with Crippen LogP contribution in [0.2, 0.25) is 0 Å². The minimum absolute atomic E-state index is 0.00419. The third-order valence-corrected chi connectivity index (χ3v) is 6.45. The zero-order valence-electron chi connectivity index (χ0n) is 17.8. The maximum absolute atomic E-state index is 12.6. The fourth-order valence-electron chi connectivity index (χ4n) is 3.05. The van der Waals surface area contributed by atoms with Gasteiger partial charge in [-0.2, -0.15) is 0 Å². The van der Waals surface area contributed by atoms with Crippen LogP contribution in [-0.2, 0) is 14.8 Å². The molecule has 0 aliphatic rings. The molecule has 1 N–H and O–H groups in total. The lowest BCUT2D eigenvalue weighted by molar-refractivity contribution is -0.115. The van der Waals surface area contributed by atoms with Crippen LogP contribution < -0.4 is 15.0 Å². The van der Waals surface area contributed by atoms with Crippen molar-refractivity contribution in [2.24, 2.45) is 0 Å². The number of hydrogen-bond donors (Lipinski definition) is 1. The lowest BCUT2D eigenvalue weighted by Crippen LogP contribution is -2.33. The number of ether oxygens (including phenoxy) is 1. The summed E-state index contributed by atoms with van der Waals surface area (Å²) in [5.41, 5.74) is 3.66. The zero-order valence-corrected chi connectivity index (χ0v) is 18.6. The molecule has 0 saturated heterocycles. The summed E-state index contributed by atoms with van der Waals surface area (Å²) in [6.07, 6.45) is 0. The second-order valence-corrected chi connectivity index (χ2v) is 9.13. The molecule has 0 aromatic heterocycles. The van der Waals surface area contributed by atoms with E-state index in [9.17, 15) is 13.2 Å². The van der Waals surface area contributed by atoms with Gasteiger partial charge in [-0.1, -0.05) is 17.7 Å². The summed E-state index contributed by atoms with van der Waals surface area (Å²) >= 11 is 0. The van der Waals surface area contributed by atoms with Crippen LogP contribution in [-0.4, -0.2) is 52.9 Å². The number of rotatable bonds is 8. The largest absolute Gasteiger partial charge is 0.495 e. The maximum atomic E-state index is 12.6. The molecular weight excluding hydrogens is 390 g/mol. The van der Waals surface area contributed by atoms with Gasteiger partial charge < -0.3 is 15.0 Å². The van der Waals surface area contributed by atoms with Crippen molar-refractivity contribution in [2.45, 2.75) is 25.7 Å². The average molecular weight is 420 g/mol. The Bertz CT molecular complexity index is 987. The van der Waals surface area contributed by atoms with Crippen molar-refractivity contribution < 1.29 is 17.9 Å². The first-order chi connectivity index (χ1) is 13.6. The quantitative estimate of drug-likeness (QED) is 0.712. The van der Waals surface area contributed by atoms with E-state index in [1.807, 2.05) is 37.8 Å². The number of aryl methyl sites for hydroxylation is 2. The molecule has 1 amide bonds. The van der Waals surface area contributed by atoms with Crippen LogP contribution in [0.1, 0.15) is 18.1 Å². The molecule has 158 valence electrons. The molecule has 29 heavy (non-hydrogen) atoms. The van der Waals surface area contributed by atoms with Crippen LogP contribution in [0.3, 0.4) is 0 Å². The molecule has 0 atom stereocenters. The van der Waals surface area contributed by atoms with E-state index in [2.05, 4.69) is 11.4 Å². The monoisotopic (exact) mass is 419 g/mol. The third kappa shape index (κ3) is 5.27. The highest BCUT2D eigenvalue weighted by atomic mass is 32.2. The van der Waals surface area contributed by atoms with Gasteiger partial charge in [0, 0.05) is 32.0 Å². The van der Waals surface area contributed by atoms with Crippen molar-refractivity contribution in [3.8, 4) is 5.75 Å². The Balaban J connectivity index is 2.24. The third-order valence-electron chi connectivity index (χ3n) is 4.62. The molecule has 0 unspecified atom stereocenters. The molecule has 0 fully saturated rings. The number of nitrogens with zero attached hydrogens (tertiary/aromatic N) is 2. The maximum Gasteiger partial charge on any atom is 0.246 e. The molecule has 8 heteroatoms. The second-order valence-electron chi connectivity index (χ2n) is 7.01. The van der Waals surface area contributed by atoms with Gasteiger partial charge in [0.25, 0.3) is 0 Å². The molecule has 0 heterocycles. The molecule has 0 aliphatic heterocycles. The van der Waals surface area contributed by atoms with E-state index in [-0.39, 0.29) is 23.1 Å². The predicted molar refractivity (Wildman–Crippen MR) is 116 cm³/mol. The Morgan fingerprint density at radius 3 is 2.34 bits per heavy atom. The normalized spacial score (nSPS) is 11.4. The highest BCUT2D eigenvalue weighted by molar-refractivity contribution is 7.89. The van der Waals surface area contributed by atoms with Crippen molar-refractivity contribution in [2.75, 3.05) is 44.5 Å². The average Bonchev–Trinajstić information content (AvgIpc) is 2.66. The number of benzene rings is 2. The summed E-state index contributed by atoms with van der Waals surface area (Å²) in [5.74, 6) is -0.00708. The van der Waals surface area contributed by atoms with Crippen molar-refractivity contribution in [1.29, 1.82) is 0 Å². The van der Waals surface area contributed by atoms with Crippen LogP contribution in [0.4, 0.5) is 11.4 Å². The lowest BCUT2D eigenvalue weighted by Gasteiger charge is -2.24. The van der Waals surface area contributed by atoms with Gasteiger partial charge >= 0.3 is 0 Å². The van der Waals surface area contributed by atoms with Crippen molar-refractivity contribution in [3.05, 3.63) is 47.5 Å². The summed E-state index contributed by atoms with van der Waals surface area (Å²) in [4.78, 5) is 14.6. The van der Waals surface area contributed by atoms with E-state index in [1.54, 1.807) is 6.07 Å². The van der Waals surface area contributed by atoms with Crippen LogP contribution in [0.25, 0.3) is 0 Å². The fourth-order valence-corrected chi connectivity index (χ4v) is 4.13. The molecule has 2 aromatic carbocycles. The summed E-state index contributed by atoms with van der Waals surface area (Å²) in [7, 11) is 0.591. The first-order valence-electron chi connectivity index (χ1n) is 9.32. The Kier molecular flexibility index (Phi) is 7.26. The molecule has 2 aromatic rings. The van der Waals surface area contributed by atoms with Gasteiger partial charge in [-0.05, 0) is 50.6 Å². The molecule has 2 rings (SSSR count). The highest BCUT2D eigenvalue weighted by Crippen LogP contribution is 2.29. The van der Waals surface area contributed by atoms with Crippen molar-refractivity contribution in [3.63, 3.8) is 0 Å². The number of hydrogen-bond acceptors (Lipinski definition) is 5. The van der Waals surface area contributed by atoms with E-state index in [0.717, 1.165) is 15.6 Å². The number of likely N-dealkylation sites (N-methyl/N-ethyl adjacent to an activating group) is 1. The van der Waals surface area contributed by atoms with E-state index in [0.29, 0.717) is 12.2 Å². The van der Waals surface area contributed by atoms with E-state index in [1.165, 1.54) is 38.9 Å². The van der Waals surface area contributed by atoms with Crippen LogP contribution in [0.15, 0.2) is 41.3 Å². The van der Waals surface area contributed by atoms with Gasteiger partial charge in [-0.25, -0.2) is 12.7 Å². The molecule has 0 spiro atoms. The van der Waals surface area contributed by atoms with E-state index in [4.69, 9.17) is 4.74 Å². The van der Waals surface area contributed by atoms with Crippen molar-refractivity contribution in [1.82, 2.24) is 4.31 Å². The van der Waals surface area contributed by atoms with Gasteiger partial charge in [0.2, 0.25) is 15.9 Å². The number of nitrogens with one attached hydrogen (secondary N) is 1. The molecule has 0 radical (unpaired) electrons. The van der Waals surface area contributed by atoms with Gasteiger partial charge in [0.15, 0.2) is 0 Å². The molecule has 0 saturated carbocycles. The Labute approximate surface area is 173 Å². The minimum Gasteiger partial charge on any atom is -0.495 e. The molecule has 0 bridgehead atoms. The minimum atomic E-state index is -3.71. The van der Waals surface area contributed by atoms with Gasteiger partial charge in [-0.15, -0.1) is 0 Å². The summed E-state index contributed by atoms with van der Waals surface area (Å²) in [6.45, 7) is 6.86. The number of sulfonamides is 1. The van der Waals surface area contributed by atoms with Crippen LogP contribution >= 0.6 is 0 Å². The Morgan fingerprint density at radius 1 is 1.10 bits per heavy atom. The lowest BCUT2D eigenvalue weighted by atomic mass is 10.1. The summed E-state index contributed by atoms with van der Waals surface area (Å²) in [6, 6.07) is 10.7. The smallest absolute Gasteiger partial charge is 0.246 e. The number of methoxy groups -OCH3 is 1. The SMILES string of the molecule is CCN(CC(=O)Nc1ccc(OC)c(S(=O)(=O)N(C)C)c1)c1ccc(C)cc1C. The Hall–Kier alpha value is -2.58. The number of anilines is 2. The second kappa shape index (κ2) is 9.28. The van der Waals surface area contributed by atoms with E-state index < -0.39 is 10.0 Å². The van der Waals surface area contributed by atoms with Gasteiger partial charge in [-0.3, -0.25) is 4.79 Å². The fraction of sp³-hybridized carbons (Fsp3) is 0.381. The molecular formula is C21H29N3O4S. The van der Waals surface area contributed by atoms with Crippen LogP contribution in [0.5, 0.6) is 5.75 Å². The first-order valence-corrected chi connectivity index (χ1v) is 10.8. The number of carbonyl (C=O) groups excluding carboxylic acids is 1. The highest BCUT2D eigenvalue weighted by Gasteiger charge is 2.23. The Morgan fingerprint density at radius 2 is 1.79 bits per heavy atom. The topological polar surface area (TPSA) is 79.0 Å². The predicted octanol–water partition coefficient (Wildman–Crippen LogP) is 3.03. The standard InChI is InChI=1S/C21H29N3O4S/c1-7-24(18-10-8-15(2)12-16(18)3)14-21(25)22-17-9-11-19(28-6)20(13-17)29(26,27)23(4)5/h8-13H,7,14H2,1-6H3,(H,22,25). The van der Waals surface area contributed by atoms with Gasteiger partial charge in [0.05, 0.1) is 13.7 Å². The molecule has 0 aliphatic carbocycles. The van der Waals surface area contributed by atoms with Crippen molar-refractivity contribution >= 4 is 27.3 Å². The summed E-state index contributed by atoms with van der Waals surface area (Å²) in [5, 5.41) is 2.79. The zero-order chi connectivity index (χ0) is 21.8. The number of carbonyl (C=O) groups is 1.